The van der Waals surface area contributed by atoms with Crippen LogP contribution in [0.2, 0.25) is 0 Å². The average Bonchev–Trinajstić information content (AvgIpc) is 2.35. The highest BCUT2D eigenvalue weighted by atomic mass is 32.2. The second-order valence-electron chi connectivity index (χ2n) is 3.43. The lowest BCUT2D eigenvalue weighted by Gasteiger charge is -2.19. The molecule has 0 aliphatic rings. The van der Waals surface area contributed by atoms with Crippen LogP contribution in [0.1, 0.15) is 5.56 Å². The van der Waals surface area contributed by atoms with E-state index in [0.29, 0.717) is 11.3 Å². The molecule has 0 saturated carbocycles. The third-order valence-corrected chi connectivity index (χ3v) is 4.05. The number of nitrogens with zero attached hydrogens (tertiary/aromatic N) is 2. The lowest BCUT2D eigenvalue weighted by atomic mass is 10.2. The largest absolute Gasteiger partial charge is 0.384 e. The van der Waals surface area contributed by atoms with Gasteiger partial charge >= 0.3 is 0 Å². The summed E-state index contributed by atoms with van der Waals surface area (Å²) in [6.45, 7) is 0.156. The Kier molecular flexibility index (Phi) is 4.49. The summed E-state index contributed by atoms with van der Waals surface area (Å²) in [4.78, 5) is 0. The van der Waals surface area contributed by atoms with Crippen molar-refractivity contribution in [1.82, 2.24) is 0 Å². The van der Waals surface area contributed by atoms with Gasteiger partial charge in [0.15, 0.2) is 0 Å². The van der Waals surface area contributed by atoms with E-state index in [0.717, 1.165) is 0 Å². The third-order valence-electron chi connectivity index (χ3n) is 2.32. The van der Waals surface area contributed by atoms with Crippen LogP contribution in [0.25, 0.3) is 0 Å². The van der Waals surface area contributed by atoms with Gasteiger partial charge in [0.25, 0.3) is 0 Å². The van der Waals surface area contributed by atoms with Crippen molar-refractivity contribution in [2.24, 2.45) is 0 Å². The summed E-state index contributed by atoms with van der Waals surface area (Å²) in [6, 6.07) is 8.34. The van der Waals surface area contributed by atoms with Crippen LogP contribution in [0.5, 0.6) is 0 Å². The molecule has 92 valence electrons. The van der Waals surface area contributed by atoms with Crippen molar-refractivity contribution < 1.29 is 13.2 Å². The first-order valence-electron chi connectivity index (χ1n) is 4.97. The van der Waals surface area contributed by atoms with E-state index in [2.05, 4.69) is 0 Å². The predicted octanol–water partition coefficient (Wildman–Crippen LogP) is 0.971. The van der Waals surface area contributed by atoms with Crippen LogP contribution < -0.4 is 4.31 Å². The van der Waals surface area contributed by atoms with E-state index < -0.39 is 10.0 Å². The van der Waals surface area contributed by atoms with Gasteiger partial charge in [0.05, 0.1) is 29.7 Å². The maximum atomic E-state index is 11.8. The van der Waals surface area contributed by atoms with E-state index in [4.69, 9.17) is 10.00 Å². The first-order chi connectivity index (χ1) is 8.01. The normalized spacial score (nSPS) is 10.9. The fourth-order valence-corrected chi connectivity index (χ4v) is 2.33. The van der Waals surface area contributed by atoms with Crippen LogP contribution in [0.4, 0.5) is 5.69 Å². The quantitative estimate of drug-likeness (QED) is 0.785. The maximum Gasteiger partial charge on any atom is 0.237 e. The fourth-order valence-electron chi connectivity index (χ4n) is 1.23. The second kappa shape index (κ2) is 5.66. The van der Waals surface area contributed by atoms with Crippen molar-refractivity contribution >= 4 is 15.7 Å². The number of anilines is 1. The summed E-state index contributed by atoms with van der Waals surface area (Å²) in [5.74, 6) is -0.0694. The van der Waals surface area contributed by atoms with Gasteiger partial charge in [-0.15, -0.1) is 0 Å². The molecule has 0 radical (unpaired) electrons. The zero-order valence-electron chi connectivity index (χ0n) is 9.75. The Hall–Kier alpha value is -1.58. The molecule has 17 heavy (non-hydrogen) atoms. The summed E-state index contributed by atoms with van der Waals surface area (Å²) in [7, 11) is -0.436. The number of hydrogen-bond donors (Lipinski definition) is 0. The maximum absolute atomic E-state index is 11.8. The summed E-state index contributed by atoms with van der Waals surface area (Å²) < 4.78 is 29.6. The van der Waals surface area contributed by atoms with Gasteiger partial charge in [0.2, 0.25) is 10.0 Å². The number of hydrogen-bond acceptors (Lipinski definition) is 4. The summed E-state index contributed by atoms with van der Waals surface area (Å²) >= 11 is 0. The van der Waals surface area contributed by atoms with Crippen LogP contribution in [-0.4, -0.2) is 34.9 Å². The number of methoxy groups -OCH3 is 1. The minimum Gasteiger partial charge on any atom is -0.384 e. The molecule has 6 heteroatoms. The summed E-state index contributed by atoms with van der Waals surface area (Å²) in [6.07, 6.45) is 0. The molecular formula is C11H14N2O3S. The lowest BCUT2D eigenvalue weighted by Crippen LogP contribution is -2.30. The first kappa shape index (κ1) is 13.5. The molecule has 0 heterocycles. The van der Waals surface area contributed by atoms with E-state index in [1.54, 1.807) is 24.3 Å². The van der Waals surface area contributed by atoms with Gasteiger partial charge in [-0.3, -0.25) is 4.31 Å². The van der Waals surface area contributed by atoms with E-state index >= 15 is 0 Å². The molecule has 0 aromatic heterocycles. The molecule has 1 aromatic carbocycles. The molecule has 0 aliphatic carbocycles. The third kappa shape index (κ3) is 3.44. The molecule has 1 aromatic rings. The highest BCUT2D eigenvalue weighted by molar-refractivity contribution is 7.92. The Morgan fingerprint density at radius 1 is 1.35 bits per heavy atom. The van der Waals surface area contributed by atoms with E-state index in [-0.39, 0.29) is 12.4 Å². The van der Waals surface area contributed by atoms with Gasteiger partial charge in [0, 0.05) is 14.2 Å². The van der Waals surface area contributed by atoms with Gasteiger partial charge in [-0.25, -0.2) is 8.42 Å². The molecule has 0 amide bonds. The highest BCUT2D eigenvalue weighted by Gasteiger charge is 2.17. The van der Waals surface area contributed by atoms with Crippen LogP contribution >= 0.6 is 0 Å². The summed E-state index contributed by atoms with van der Waals surface area (Å²) in [5, 5.41) is 8.64. The molecule has 0 bridgehead atoms. The Bertz CT molecular complexity index is 503. The Balaban J connectivity index is 2.88. The monoisotopic (exact) mass is 254 g/mol. The van der Waals surface area contributed by atoms with Crippen LogP contribution in [0.3, 0.4) is 0 Å². The van der Waals surface area contributed by atoms with Crippen LogP contribution in [0.15, 0.2) is 24.3 Å². The average molecular weight is 254 g/mol. The second-order valence-corrected chi connectivity index (χ2v) is 5.55. The van der Waals surface area contributed by atoms with Gasteiger partial charge in [-0.2, -0.15) is 5.26 Å². The van der Waals surface area contributed by atoms with Gasteiger partial charge < -0.3 is 4.74 Å². The molecule has 0 N–H and O–H groups in total. The Labute approximate surface area is 101 Å². The fraction of sp³-hybridized carbons (Fsp3) is 0.364. The number of rotatable bonds is 5. The molecular weight excluding hydrogens is 240 g/mol. The van der Waals surface area contributed by atoms with E-state index in [1.165, 1.54) is 18.5 Å². The molecule has 1 rings (SSSR count). The van der Waals surface area contributed by atoms with E-state index in [1.807, 2.05) is 6.07 Å². The van der Waals surface area contributed by atoms with Crippen molar-refractivity contribution in [1.29, 1.82) is 5.26 Å². The zero-order chi connectivity index (χ0) is 12.9. The van der Waals surface area contributed by atoms with Crippen molar-refractivity contribution in [2.75, 3.05) is 30.8 Å². The Morgan fingerprint density at radius 2 is 1.94 bits per heavy atom. The van der Waals surface area contributed by atoms with Crippen LogP contribution in [0, 0.1) is 11.3 Å². The van der Waals surface area contributed by atoms with Crippen molar-refractivity contribution in [3.63, 3.8) is 0 Å². The standard InChI is InChI=1S/C11H14N2O3S/c1-13(17(14,15)8-7-16-2)11-5-3-10(9-12)4-6-11/h3-6H,7-8H2,1-2H3. The SMILES string of the molecule is COCCS(=O)(=O)N(C)c1ccc(C#N)cc1. The molecule has 0 aliphatic heterocycles. The number of nitriles is 1. The first-order valence-corrected chi connectivity index (χ1v) is 6.58. The number of benzene rings is 1. The number of ether oxygens (including phenoxy) is 1. The van der Waals surface area contributed by atoms with Crippen LogP contribution in [-0.2, 0) is 14.8 Å². The topological polar surface area (TPSA) is 70.4 Å². The lowest BCUT2D eigenvalue weighted by molar-refractivity contribution is 0.217. The minimum atomic E-state index is -3.37. The van der Waals surface area contributed by atoms with E-state index in [9.17, 15) is 8.42 Å². The molecule has 0 spiro atoms. The smallest absolute Gasteiger partial charge is 0.237 e. The molecule has 5 nitrogen and oxygen atoms in total. The molecule has 0 unspecified atom stereocenters. The molecule has 0 saturated heterocycles. The molecule has 0 atom stereocenters. The van der Waals surface area contributed by atoms with Gasteiger partial charge in [0.1, 0.15) is 0 Å². The van der Waals surface area contributed by atoms with Crippen molar-refractivity contribution in [2.45, 2.75) is 0 Å². The predicted molar refractivity (Wildman–Crippen MR) is 65.2 cm³/mol. The van der Waals surface area contributed by atoms with Crippen molar-refractivity contribution in [3.05, 3.63) is 29.8 Å². The minimum absolute atomic E-state index is 0.0694. The highest BCUT2D eigenvalue weighted by Crippen LogP contribution is 2.16. The molecule has 0 fully saturated rings. The van der Waals surface area contributed by atoms with Gasteiger partial charge in [-0.05, 0) is 24.3 Å². The zero-order valence-corrected chi connectivity index (χ0v) is 10.6. The van der Waals surface area contributed by atoms with Gasteiger partial charge in [-0.1, -0.05) is 0 Å². The summed E-state index contributed by atoms with van der Waals surface area (Å²) in [5.41, 5.74) is 1.02. The number of sulfonamides is 1. The Morgan fingerprint density at radius 3 is 2.41 bits per heavy atom. The van der Waals surface area contributed by atoms with Crippen molar-refractivity contribution in [3.8, 4) is 6.07 Å².